The van der Waals surface area contributed by atoms with Gasteiger partial charge in [-0.3, -0.25) is 4.98 Å². The normalized spacial score (nSPS) is 12.8. The highest BCUT2D eigenvalue weighted by molar-refractivity contribution is 7.13. The van der Waals surface area contributed by atoms with Gasteiger partial charge in [-0.05, 0) is 31.4 Å². The number of thiazole rings is 1. The quantitative estimate of drug-likeness (QED) is 0.873. The molecule has 0 amide bonds. The SMILES string of the molecule is CC(C)CC(C)NCc1csc(-c2ccccn2)n1. The molecule has 1 unspecified atom stereocenters. The van der Waals surface area contributed by atoms with Gasteiger partial charge in [0.1, 0.15) is 5.01 Å². The highest BCUT2D eigenvalue weighted by atomic mass is 32.1. The third-order valence-corrected chi connectivity index (χ3v) is 3.81. The van der Waals surface area contributed by atoms with Crippen molar-refractivity contribution in [2.75, 3.05) is 0 Å². The number of hydrogen-bond donors (Lipinski definition) is 1. The summed E-state index contributed by atoms with van der Waals surface area (Å²) in [6, 6.07) is 6.44. The number of nitrogens with one attached hydrogen (secondary N) is 1. The Hall–Kier alpha value is -1.26. The molecule has 2 aromatic heterocycles. The molecular weight excluding hydrogens is 254 g/mol. The Labute approximate surface area is 119 Å². The third kappa shape index (κ3) is 4.40. The van der Waals surface area contributed by atoms with Crippen molar-refractivity contribution in [1.29, 1.82) is 0 Å². The first-order valence-corrected chi connectivity index (χ1v) is 7.62. The molecule has 0 saturated heterocycles. The van der Waals surface area contributed by atoms with E-state index >= 15 is 0 Å². The van der Waals surface area contributed by atoms with Crippen molar-refractivity contribution in [1.82, 2.24) is 15.3 Å². The average molecular weight is 275 g/mol. The monoisotopic (exact) mass is 275 g/mol. The molecule has 102 valence electrons. The zero-order valence-corrected chi connectivity index (χ0v) is 12.6. The number of pyridine rings is 1. The van der Waals surface area contributed by atoms with Crippen molar-refractivity contribution in [2.24, 2.45) is 5.92 Å². The van der Waals surface area contributed by atoms with Gasteiger partial charge in [-0.1, -0.05) is 19.9 Å². The van der Waals surface area contributed by atoms with Crippen molar-refractivity contribution >= 4 is 11.3 Å². The van der Waals surface area contributed by atoms with Gasteiger partial charge in [0.25, 0.3) is 0 Å². The van der Waals surface area contributed by atoms with Crippen LogP contribution in [0.3, 0.4) is 0 Å². The molecule has 0 fully saturated rings. The van der Waals surface area contributed by atoms with Crippen LogP contribution < -0.4 is 5.32 Å². The summed E-state index contributed by atoms with van der Waals surface area (Å²) in [6.45, 7) is 7.56. The van der Waals surface area contributed by atoms with Crippen molar-refractivity contribution in [3.63, 3.8) is 0 Å². The first kappa shape index (κ1) is 14.2. The van der Waals surface area contributed by atoms with Crippen LogP contribution in [0.1, 0.15) is 32.9 Å². The van der Waals surface area contributed by atoms with Crippen LogP contribution in [0.2, 0.25) is 0 Å². The van der Waals surface area contributed by atoms with Gasteiger partial charge in [-0.15, -0.1) is 11.3 Å². The molecule has 0 aliphatic heterocycles. The molecule has 2 rings (SSSR count). The first-order chi connectivity index (χ1) is 9.15. The van der Waals surface area contributed by atoms with Crippen molar-refractivity contribution in [3.05, 3.63) is 35.5 Å². The maximum atomic E-state index is 4.63. The zero-order chi connectivity index (χ0) is 13.7. The van der Waals surface area contributed by atoms with Gasteiger partial charge in [0.15, 0.2) is 0 Å². The van der Waals surface area contributed by atoms with Crippen LogP contribution in [0.4, 0.5) is 0 Å². The van der Waals surface area contributed by atoms with Gasteiger partial charge in [0.2, 0.25) is 0 Å². The summed E-state index contributed by atoms with van der Waals surface area (Å²) >= 11 is 1.65. The van der Waals surface area contributed by atoms with E-state index in [1.54, 1.807) is 17.5 Å². The predicted molar refractivity (Wildman–Crippen MR) is 81.1 cm³/mol. The molecule has 0 aromatic carbocycles. The van der Waals surface area contributed by atoms with E-state index in [0.29, 0.717) is 6.04 Å². The fourth-order valence-corrected chi connectivity index (χ4v) is 2.86. The summed E-state index contributed by atoms with van der Waals surface area (Å²) in [5.41, 5.74) is 2.05. The van der Waals surface area contributed by atoms with Crippen LogP contribution in [0, 0.1) is 5.92 Å². The van der Waals surface area contributed by atoms with E-state index in [9.17, 15) is 0 Å². The highest BCUT2D eigenvalue weighted by Crippen LogP contribution is 2.21. The molecule has 0 saturated carbocycles. The van der Waals surface area contributed by atoms with E-state index in [2.05, 4.69) is 41.4 Å². The van der Waals surface area contributed by atoms with Crippen LogP contribution in [-0.4, -0.2) is 16.0 Å². The summed E-state index contributed by atoms with van der Waals surface area (Å²) in [7, 11) is 0. The van der Waals surface area contributed by atoms with Crippen LogP contribution >= 0.6 is 11.3 Å². The lowest BCUT2D eigenvalue weighted by Gasteiger charge is -2.14. The van der Waals surface area contributed by atoms with Crippen LogP contribution in [0.15, 0.2) is 29.8 Å². The standard InChI is InChI=1S/C15H21N3S/c1-11(2)8-12(3)17-9-13-10-19-15(18-13)14-6-4-5-7-16-14/h4-7,10-12,17H,8-9H2,1-3H3. The largest absolute Gasteiger partial charge is 0.309 e. The van der Waals surface area contributed by atoms with Gasteiger partial charge in [-0.25, -0.2) is 4.98 Å². The number of hydrogen-bond acceptors (Lipinski definition) is 4. The molecule has 0 radical (unpaired) electrons. The Morgan fingerprint density at radius 2 is 2.11 bits per heavy atom. The molecule has 0 bridgehead atoms. The molecule has 0 aliphatic carbocycles. The Morgan fingerprint density at radius 3 is 2.79 bits per heavy atom. The van der Waals surface area contributed by atoms with Crippen LogP contribution in [0.5, 0.6) is 0 Å². The van der Waals surface area contributed by atoms with Crippen LogP contribution in [0.25, 0.3) is 10.7 Å². The van der Waals surface area contributed by atoms with Gasteiger partial charge in [0, 0.05) is 24.2 Å². The van der Waals surface area contributed by atoms with Gasteiger partial charge in [0.05, 0.1) is 11.4 Å². The minimum absolute atomic E-state index is 0.528. The summed E-state index contributed by atoms with van der Waals surface area (Å²) in [4.78, 5) is 8.95. The highest BCUT2D eigenvalue weighted by Gasteiger charge is 2.08. The number of rotatable bonds is 6. The van der Waals surface area contributed by atoms with Gasteiger partial charge < -0.3 is 5.32 Å². The maximum Gasteiger partial charge on any atom is 0.142 e. The summed E-state index contributed by atoms with van der Waals surface area (Å²) in [6.07, 6.45) is 3.00. The second-order valence-corrected chi connectivity index (χ2v) is 6.13. The van der Waals surface area contributed by atoms with Gasteiger partial charge >= 0.3 is 0 Å². The lowest BCUT2D eigenvalue weighted by Crippen LogP contribution is -2.26. The lowest BCUT2D eigenvalue weighted by molar-refractivity contribution is 0.440. The minimum Gasteiger partial charge on any atom is -0.309 e. The molecule has 2 heterocycles. The van der Waals surface area contributed by atoms with E-state index in [-0.39, 0.29) is 0 Å². The summed E-state index contributed by atoms with van der Waals surface area (Å²) in [5, 5.41) is 6.62. The maximum absolute atomic E-state index is 4.63. The Kier molecular flexibility index (Phi) is 5.05. The average Bonchev–Trinajstić information content (AvgIpc) is 2.85. The Bertz CT molecular complexity index is 493. The van der Waals surface area contributed by atoms with E-state index in [0.717, 1.165) is 28.9 Å². The first-order valence-electron chi connectivity index (χ1n) is 6.74. The molecule has 1 atom stereocenters. The van der Waals surface area contributed by atoms with E-state index < -0.39 is 0 Å². The second kappa shape index (κ2) is 6.78. The fraction of sp³-hybridized carbons (Fsp3) is 0.467. The van der Waals surface area contributed by atoms with E-state index in [4.69, 9.17) is 0 Å². The Morgan fingerprint density at radius 1 is 1.26 bits per heavy atom. The topological polar surface area (TPSA) is 37.8 Å². The molecule has 2 aromatic rings. The number of aromatic nitrogens is 2. The predicted octanol–water partition coefficient (Wildman–Crippen LogP) is 3.73. The molecule has 0 spiro atoms. The molecular formula is C15H21N3S. The Balaban J connectivity index is 1.91. The van der Waals surface area contributed by atoms with Crippen molar-refractivity contribution < 1.29 is 0 Å². The third-order valence-electron chi connectivity index (χ3n) is 2.89. The van der Waals surface area contributed by atoms with Crippen LogP contribution in [-0.2, 0) is 6.54 Å². The lowest BCUT2D eigenvalue weighted by atomic mass is 10.1. The van der Waals surface area contributed by atoms with Crippen molar-refractivity contribution in [3.8, 4) is 10.7 Å². The molecule has 3 nitrogen and oxygen atoms in total. The molecule has 4 heteroatoms. The smallest absolute Gasteiger partial charge is 0.142 e. The minimum atomic E-state index is 0.528. The van der Waals surface area contributed by atoms with E-state index in [1.807, 2.05) is 18.2 Å². The van der Waals surface area contributed by atoms with E-state index in [1.165, 1.54) is 6.42 Å². The summed E-state index contributed by atoms with van der Waals surface area (Å²) < 4.78 is 0. The number of nitrogens with zero attached hydrogens (tertiary/aromatic N) is 2. The second-order valence-electron chi connectivity index (χ2n) is 5.27. The summed E-state index contributed by atoms with van der Waals surface area (Å²) in [5.74, 6) is 0.724. The van der Waals surface area contributed by atoms with Crippen molar-refractivity contribution in [2.45, 2.75) is 39.8 Å². The fourth-order valence-electron chi connectivity index (χ4n) is 2.06. The molecule has 1 N–H and O–H groups in total. The molecule has 19 heavy (non-hydrogen) atoms. The van der Waals surface area contributed by atoms with Gasteiger partial charge in [-0.2, -0.15) is 0 Å². The zero-order valence-electron chi connectivity index (χ0n) is 11.8. The molecule has 0 aliphatic rings.